The zero-order chi connectivity index (χ0) is 51.7. The molecule has 0 rings (SSSR count). The monoisotopic (exact) mass is 1000 g/mol. The predicted molar refractivity (Wildman–Crippen MR) is 302 cm³/mol. The van der Waals surface area contributed by atoms with E-state index in [9.17, 15) is 19.0 Å². The maximum Gasteiger partial charge on any atom is 0.472 e. The summed E-state index contributed by atoms with van der Waals surface area (Å²) < 4.78 is 32.9. The quantitative estimate of drug-likeness (QED) is 0.0264. The Morgan fingerprint density at radius 3 is 1.08 bits per heavy atom. The second kappa shape index (κ2) is 55.0. The number of rotatable bonds is 48. The molecule has 0 aliphatic rings. The van der Waals surface area contributed by atoms with Crippen LogP contribution < -0.4 is 5.73 Å². The minimum atomic E-state index is -4.41. The van der Waals surface area contributed by atoms with E-state index in [0.717, 1.165) is 141 Å². The molecule has 0 bridgehead atoms. The van der Waals surface area contributed by atoms with Crippen molar-refractivity contribution in [2.24, 2.45) is 5.73 Å². The molecule has 0 aromatic heterocycles. The molecule has 0 spiro atoms. The van der Waals surface area contributed by atoms with Gasteiger partial charge in [0.2, 0.25) is 0 Å². The number of carbonyl (C=O) groups is 2. The number of carbonyl (C=O) groups excluding carboxylic acids is 2. The van der Waals surface area contributed by atoms with Gasteiger partial charge in [0.15, 0.2) is 6.10 Å². The third kappa shape index (κ3) is 54.8. The number of hydrogen-bond acceptors (Lipinski definition) is 8. The van der Waals surface area contributed by atoms with Crippen molar-refractivity contribution in [3.8, 4) is 0 Å². The van der Waals surface area contributed by atoms with E-state index in [1.165, 1.54) is 0 Å². The SMILES string of the molecule is CC/C=C\C/C=C\C/C=C\C/C=C\C/C=C\C/C=C\C/C=C\C/C=C\C/C=C\C/C=C\CCCCCCC(=O)OC(COC(=O)CCCCCCC/C=C\C/C=C\C/C=C\CC)COP(=O)(O)OCCN. The third-order valence-corrected chi connectivity index (χ3v) is 11.4. The maximum absolute atomic E-state index is 12.7. The van der Waals surface area contributed by atoms with Crippen molar-refractivity contribution in [3.63, 3.8) is 0 Å². The summed E-state index contributed by atoms with van der Waals surface area (Å²) in [6, 6.07) is 0. The molecule has 0 aromatic carbocycles. The van der Waals surface area contributed by atoms with Crippen molar-refractivity contribution in [1.82, 2.24) is 0 Å². The fourth-order valence-corrected chi connectivity index (χ4v) is 7.26. The van der Waals surface area contributed by atoms with E-state index in [1.807, 2.05) is 0 Å². The van der Waals surface area contributed by atoms with Crippen LogP contribution >= 0.6 is 7.82 Å². The van der Waals surface area contributed by atoms with Crippen LogP contribution in [0.5, 0.6) is 0 Å². The Bertz CT molecular complexity index is 1710. The summed E-state index contributed by atoms with van der Waals surface area (Å²) >= 11 is 0. The molecule has 0 saturated heterocycles. The average molecular weight is 1000 g/mol. The van der Waals surface area contributed by atoms with Crippen molar-refractivity contribution in [1.29, 1.82) is 0 Å². The molecule has 0 radical (unpaired) electrons. The highest BCUT2D eigenvalue weighted by atomic mass is 31.2. The normalized spacial score (nSPS) is 14.4. The molecule has 0 aliphatic carbocycles. The molecule has 398 valence electrons. The smallest absolute Gasteiger partial charge is 0.462 e. The summed E-state index contributed by atoms with van der Waals surface area (Å²) in [5.74, 6) is -0.893. The van der Waals surface area contributed by atoms with E-state index >= 15 is 0 Å². The Hall–Kier alpha value is -4.37. The number of hydrogen-bond donors (Lipinski definition) is 2. The number of ether oxygens (including phenoxy) is 2. The van der Waals surface area contributed by atoms with Gasteiger partial charge in [-0.25, -0.2) is 4.57 Å². The van der Waals surface area contributed by atoms with Crippen LogP contribution in [0, 0.1) is 0 Å². The highest BCUT2D eigenvalue weighted by molar-refractivity contribution is 7.47. The topological polar surface area (TPSA) is 134 Å². The first-order valence-electron chi connectivity index (χ1n) is 27.0. The van der Waals surface area contributed by atoms with Crippen molar-refractivity contribution < 1.29 is 37.6 Å². The van der Waals surface area contributed by atoms with Crippen LogP contribution in [-0.2, 0) is 32.7 Å². The maximum atomic E-state index is 12.7. The minimum Gasteiger partial charge on any atom is -0.462 e. The first kappa shape index (κ1) is 66.6. The standard InChI is InChI=1S/C61H96NO8P/c1-3-5-7-9-11-13-15-17-19-20-21-22-23-24-25-26-27-28-29-30-31-32-33-34-35-36-37-38-40-42-44-46-48-50-52-54-61(64)70-59(58-69-71(65,66)68-56-55-62)57-67-60(63)53-51-49-47-45-43-41-39-18-16-14-12-10-8-6-4-2/h5-8,11-14,17-19,21-22,24-25,27-28,30-31,33-34,36-37,39-40,42,59H,3-4,9-10,15-16,20,23,26,29,32,35,38,41,43-58,62H2,1-2H3,(H,65,66)/b7-5-,8-6-,13-11-,14-12-,19-17-,22-21-,25-24-,28-27-,31-30-,34-33-,37-36-,39-18-,42-40-. The number of phosphoric ester groups is 1. The van der Waals surface area contributed by atoms with Gasteiger partial charge in [0.25, 0.3) is 0 Å². The Morgan fingerprint density at radius 2 is 0.732 bits per heavy atom. The zero-order valence-electron chi connectivity index (χ0n) is 44.1. The number of esters is 2. The molecule has 0 saturated carbocycles. The number of unbranched alkanes of at least 4 members (excludes halogenated alkanes) is 9. The van der Waals surface area contributed by atoms with E-state index in [4.69, 9.17) is 24.3 Å². The van der Waals surface area contributed by atoms with Crippen molar-refractivity contribution in [2.75, 3.05) is 26.4 Å². The Labute approximate surface area is 432 Å². The van der Waals surface area contributed by atoms with Gasteiger partial charge in [0, 0.05) is 19.4 Å². The molecule has 71 heavy (non-hydrogen) atoms. The van der Waals surface area contributed by atoms with E-state index in [2.05, 4.69) is 172 Å². The largest absolute Gasteiger partial charge is 0.472 e. The summed E-state index contributed by atoms with van der Waals surface area (Å²) in [7, 11) is -4.41. The molecule has 3 N–H and O–H groups in total. The van der Waals surface area contributed by atoms with Gasteiger partial charge in [-0.15, -0.1) is 0 Å². The lowest BCUT2D eigenvalue weighted by Crippen LogP contribution is -2.29. The zero-order valence-corrected chi connectivity index (χ0v) is 45.0. The van der Waals surface area contributed by atoms with Gasteiger partial charge in [0.1, 0.15) is 6.61 Å². The van der Waals surface area contributed by atoms with E-state index in [-0.39, 0.29) is 32.6 Å². The second-order valence-corrected chi connectivity index (χ2v) is 18.4. The van der Waals surface area contributed by atoms with E-state index < -0.39 is 32.5 Å². The van der Waals surface area contributed by atoms with Gasteiger partial charge in [-0.3, -0.25) is 18.6 Å². The lowest BCUT2D eigenvalue weighted by molar-refractivity contribution is -0.161. The molecule has 2 unspecified atom stereocenters. The second-order valence-electron chi connectivity index (χ2n) is 17.0. The number of phosphoric acid groups is 1. The molecule has 0 aromatic rings. The first-order valence-corrected chi connectivity index (χ1v) is 28.5. The van der Waals surface area contributed by atoms with Crippen LogP contribution in [0.4, 0.5) is 0 Å². The van der Waals surface area contributed by atoms with Crippen LogP contribution in [0.15, 0.2) is 158 Å². The molecule has 9 nitrogen and oxygen atoms in total. The minimum absolute atomic E-state index is 0.0370. The summed E-state index contributed by atoms with van der Waals surface area (Å²) in [4.78, 5) is 35.0. The molecule has 0 aliphatic heterocycles. The Balaban J connectivity index is 4.13. The fourth-order valence-electron chi connectivity index (χ4n) is 6.50. The van der Waals surface area contributed by atoms with Crippen LogP contribution in [-0.4, -0.2) is 49.3 Å². The molecular weight excluding hydrogens is 906 g/mol. The van der Waals surface area contributed by atoms with E-state index in [0.29, 0.717) is 12.8 Å². The fraction of sp³-hybridized carbons (Fsp3) is 0.541. The van der Waals surface area contributed by atoms with Gasteiger partial charge in [-0.2, -0.15) is 0 Å². The van der Waals surface area contributed by atoms with Crippen molar-refractivity contribution in [2.45, 2.75) is 187 Å². The highest BCUT2D eigenvalue weighted by Crippen LogP contribution is 2.43. The Kier molecular flexibility index (Phi) is 51.6. The van der Waals surface area contributed by atoms with Crippen LogP contribution in [0.3, 0.4) is 0 Å². The van der Waals surface area contributed by atoms with Gasteiger partial charge in [0.05, 0.1) is 13.2 Å². The lowest BCUT2D eigenvalue weighted by atomic mass is 10.1. The molecule has 2 atom stereocenters. The number of allylic oxidation sites excluding steroid dienone is 26. The van der Waals surface area contributed by atoms with Crippen LogP contribution in [0.1, 0.15) is 181 Å². The lowest BCUT2D eigenvalue weighted by Gasteiger charge is -2.19. The summed E-state index contributed by atoms with van der Waals surface area (Å²) in [5, 5.41) is 0. The Morgan fingerprint density at radius 1 is 0.423 bits per heavy atom. The van der Waals surface area contributed by atoms with Gasteiger partial charge >= 0.3 is 19.8 Å². The van der Waals surface area contributed by atoms with Gasteiger partial charge in [-0.1, -0.05) is 204 Å². The van der Waals surface area contributed by atoms with Crippen LogP contribution in [0.2, 0.25) is 0 Å². The average Bonchev–Trinajstić information content (AvgIpc) is 3.36. The predicted octanol–water partition coefficient (Wildman–Crippen LogP) is 16.9. The summed E-state index contributed by atoms with van der Waals surface area (Å²) in [6.07, 6.45) is 80.1. The summed E-state index contributed by atoms with van der Waals surface area (Å²) in [5.41, 5.74) is 5.36. The van der Waals surface area contributed by atoms with Gasteiger partial charge < -0.3 is 20.1 Å². The molecular formula is C61H96NO8P. The van der Waals surface area contributed by atoms with Crippen molar-refractivity contribution >= 4 is 19.8 Å². The number of nitrogens with two attached hydrogens (primary N) is 1. The highest BCUT2D eigenvalue weighted by Gasteiger charge is 2.26. The molecule has 0 amide bonds. The molecule has 0 fully saturated rings. The first-order chi connectivity index (χ1) is 34.8. The summed E-state index contributed by atoms with van der Waals surface area (Å²) in [6.45, 7) is 3.43. The third-order valence-electron chi connectivity index (χ3n) is 10.4. The molecule has 10 heteroatoms. The van der Waals surface area contributed by atoms with E-state index in [1.54, 1.807) is 0 Å². The van der Waals surface area contributed by atoms with Gasteiger partial charge in [-0.05, 0) is 122 Å². The molecule has 0 heterocycles. The van der Waals surface area contributed by atoms with Crippen LogP contribution in [0.25, 0.3) is 0 Å². The van der Waals surface area contributed by atoms with Crippen molar-refractivity contribution in [3.05, 3.63) is 158 Å².